The van der Waals surface area contributed by atoms with E-state index in [2.05, 4.69) is 10.3 Å². The monoisotopic (exact) mass is 380 g/mol. The molecule has 0 amide bonds. The number of aromatic nitrogens is 1. The zero-order valence-electron chi connectivity index (χ0n) is 15.0. The molecule has 0 radical (unpaired) electrons. The van der Waals surface area contributed by atoms with Crippen LogP contribution >= 0.6 is 23.2 Å². The summed E-state index contributed by atoms with van der Waals surface area (Å²) in [5.74, 6) is -0.141. The summed E-state index contributed by atoms with van der Waals surface area (Å²) >= 11 is 12.2. The normalized spacial score (nSPS) is 13.6. The summed E-state index contributed by atoms with van der Waals surface area (Å²) in [6.45, 7) is 8.83. The van der Waals surface area contributed by atoms with E-state index in [1.165, 1.54) is 6.92 Å². The maximum atomic E-state index is 12.8. The number of hydrogen-bond acceptors (Lipinski definition) is 3. The van der Waals surface area contributed by atoms with Gasteiger partial charge in [-0.25, -0.2) is 0 Å². The second-order valence-electron chi connectivity index (χ2n) is 6.32. The molecular weight excluding hydrogens is 359 g/mol. The topological polar surface area (TPSA) is 62.0 Å². The van der Waals surface area contributed by atoms with Gasteiger partial charge in [0.2, 0.25) is 0 Å². The van der Waals surface area contributed by atoms with Gasteiger partial charge >= 0.3 is 0 Å². The van der Waals surface area contributed by atoms with Gasteiger partial charge in [0, 0.05) is 27.3 Å². The molecule has 0 saturated carbocycles. The average molecular weight is 381 g/mol. The van der Waals surface area contributed by atoms with Crippen LogP contribution in [-0.4, -0.2) is 22.6 Å². The first-order valence-corrected chi connectivity index (χ1v) is 8.84. The number of Topliss-reactive ketones (excluding diaryl/α,β-unsaturated/α-hetero) is 2. The zero-order chi connectivity index (χ0) is 18.9. The Labute approximate surface area is 157 Å². The minimum Gasteiger partial charge on any atom is -0.355 e. The molecule has 1 aromatic carbocycles. The molecule has 2 aromatic rings. The second-order valence-corrected chi connectivity index (χ2v) is 7.16. The van der Waals surface area contributed by atoms with Crippen molar-refractivity contribution >= 4 is 34.8 Å². The van der Waals surface area contributed by atoms with Gasteiger partial charge < -0.3 is 10.3 Å². The van der Waals surface area contributed by atoms with Crippen LogP contribution in [0, 0.1) is 13.8 Å². The van der Waals surface area contributed by atoms with Crippen LogP contribution in [0.4, 0.5) is 0 Å². The maximum Gasteiger partial charge on any atom is 0.195 e. The fraction of sp³-hybridized carbons (Fsp3) is 0.368. The minimum atomic E-state index is -0.446. The van der Waals surface area contributed by atoms with Gasteiger partial charge in [0.15, 0.2) is 11.6 Å². The highest BCUT2D eigenvalue weighted by atomic mass is 35.5. The number of aryl methyl sites for hydroxylation is 1. The van der Waals surface area contributed by atoms with E-state index in [1.807, 2.05) is 13.0 Å². The standard InChI is InChI=1S/C19H22Cl2N2O2/c1-9-17(13(5)24)11(3)23-18(9)19(25)12(4)22-10(2)15-7-6-14(20)8-16(15)21/h6-8,10,12,22-23H,1-5H3. The molecule has 4 nitrogen and oxygen atoms in total. The molecule has 0 bridgehead atoms. The molecular formula is C19H22Cl2N2O2. The molecule has 2 atom stereocenters. The van der Waals surface area contributed by atoms with E-state index in [0.29, 0.717) is 32.6 Å². The Balaban J connectivity index is 2.20. The van der Waals surface area contributed by atoms with Crippen LogP contribution in [0.3, 0.4) is 0 Å². The first kappa shape index (κ1) is 19.7. The lowest BCUT2D eigenvalue weighted by Gasteiger charge is -2.20. The Morgan fingerprint density at radius 3 is 2.32 bits per heavy atom. The summed E-state index contributed by atoms with van der Waals surface area (Å²) in [6, 6.07) is 4.72. The van der Waals surface area contributed by atoms with Crippen molar-refractivity contribution in [1.29, 1.82) is 0 Å². The van der Waals surface area contributed by atoms with E-state index in [4.69, 9.17) is 23.2 Å². The van der Waals surface area contributed by atoms with E-state index in [9.17, 15) is 9.59 Å². The molecule has 0 spiro atoms. The molecule has 25 heavy (non-hydrogen) atoms. The first-order chi connectivity index (χ1) is 11.6. The number of halogens is 2. The van der Waals surface area contributed by atoms with Gasteiger partial charge in [-0.1, -0.05) is 29.3 Å². The summed E-state index contributed by atoms with van der Waals surface area (Å²) in [5, 5.41) is 4.38. The van der Waals surface area contributed by atoms with Crippen LogP contribution in [0.5, 0.6) is 0 Å². The minimum absolute atomic E-state index is 0.0489. The molecule has 0 aliphatic carbocycles. The van der Waals surface area contributed by atoms with E-state index in [-0.39, 0.29) is 17.6 Å². The van der Waals surface area contributed by atoms with Crippen LogP contribution in [0.15, 0.2) is 18.2 Å². The van der Waals surface area contributed by atoms with Gasteiger partial charge in [-0.3, -0.25) is 9.59 Å². The molecule has 134 valence electrons. The van der Waals surface area contributed by atoms with E-state index in [1.54, 1.807) is 32.9 Å². The summed E-state index contributed by atoms with van der Waals surface area (Å²) in [4.78, 5) is 27.6. The Kier molecular flexibility index (Phi) is 6.09. The maximum absolute atomic E-state index is 12.8. The Morgan fingerprint density at radius 2 is 1.80 bits per heavy atom. The molecule has 0 aliphatic rings. The van der Waals surface area contributed by atoms with Gasteiger partial charge in [-0.2, -0.15) is 0 Å². The number of carbonyl (C=O) groups excluding carboxylic acids is 2. The van der Waals surface area contributed by atoms with Crippen LogP contribution in [0.25, 0.3) is 0 Å². The summed E-state index contributed by atoms with van der Waals surface area (Å²) < 4.78 is 0. The van der Waals surface area contributed by atoms with Crippen LogP contribution < -0.4 is 5.32 Å². The fourth-order valence-corrected chi connectivity index (χ4v) is 3.71. The zero-order valence-corrected chi connectivity index (χ0v) is 16.5. The summed E-state index contributed by atoms with van der Waals surface area (Å²) in [5.41, 5.74) is 3.34. The molecule has 2 N–H and O–H groups in total. The van der Waals surface area contributed by atoms with Gasteiger partial charge in [-0.05, 0) is 57.9 Å². The molecule has 2 rings (SSSR count). The smallest absolute Gasteiger partial charge is 0.195 e. The highest BCUT2D eigenvalue weighted by Gasteiger charge is 2.25. The van der Waals surface area contributed by atoms with Crippen molar-refractivity contribution in [2.24, 2.45) is 0 Å². The summed E-state index contributed by atoms with van der Waals surface area (Å²) in [6.07, 6.45) is 0. The molecule has 2 unspecified atom stereocenters. The predicted octanol–water partition coefficient (Wildman–Crippen LogP) is 5.06. The number of rotatable bonds is 6. The van der Waals surface area contributed by atoms with Crippen LogP contribution in [0.2, 0.25) is 10.0 Å². The third kappa shape index (κ3) is 4.14. The number of carbonyl (C=O) groups is 2. The number of H-pyrrole nitrogens is 1. The average Bonchev–Trinajstić information content (AvgIpc) is 2.80. The molecule has 1 heterocycles. The largest absolute Gasteiger partial charge is 0.355 e. The van der Waals surface area contributed by atoms with Crippen molar-refractivity contribution in [3.63, 3.8) is 0 Å². The SMILES string of the molecule is CC(=O)c1c(C)[nH]c(C(=O)C(C)NC(C)c2ccc(Cl)cc2Cl)c1C. The van der Waals surface area contributed by atoms with Crippen molar-refractivity contribution < 1.29 is 9.59 Å². The molecule has 0 fully saturated rings. The third-order valence-corrected chi connectivity index (χ3v) is 4.92. The Bertz CT molecular complexity index is 827. The van der Waals surface area contributed by atoms with Gasteiger partial charge in [0.05, 0.1) is 11.7 Å². The number of nitrogens with one attached hydrogen (secondary N) is 2. The highest BCUT2D eigenvalue weighted by molar-refractivity contribution is 6.35. The van der Waals surface area contributed by atoms with Crippen LogP contribution in [0.1, 0.15) is 64.5 Å². The van der Waals surface area contributed by atoms with Gasteiger partial charge in [-0.15, -0.1) is 0 Å². The van der Waals surface area contributed by atoms with Gasteiger partial charge in [0.25, 0.3) is 0 Å². The lowest BCUT2D eigenvalue weighted by Crippen LogP contribution is -2.36. The molecule has 0 saturated heterocycles. The lowest BCUT2D eigenvalue weighted by atomic mass is 10.0. The second kappa shape index (κ2) is 7.73. The number of aromatic amines is 1. The van der Waals surface area contributed by atoms with E-state index in [0.717, 1.165) is 5.56 Å². The Morgan fingerprint density at radius 1 is 1.16 bits per heavy atom. The summed E-state index contributed by atoms with van der Waals surface area (Å²) in [7, 11) is 0. The van der Waals surface area contributed by atoms with E-state index < -0.39 is 6.04 Å². The van der Waals surface area contributed by atoms with Crippen molar-refractivity contribution in [3.8, 4) is 0 Å². The number of ketones is 2. The quantitative estimate of drug-likeness (QED) is 0.688. The van der Waals surface area contributed by atoms with Crippen LogP contribution in [-0.2, 0) is 0 Å². The Hall–Kier alpha value is -1.62. The first-order valence-electron chi connectivity index (χ1n) is 8.08. The molecule has 6 heteroatoms. The third-order valence-electron chi connectivity index (χ3n) is 4.36. The lowest BCUT2D eigenvalue weighted by molar-refractivity contribution is 0.0940. The van der Waals surface area contributed by atoms with Gasteiger partial charge in [0.1, 0.15) is 0 Å². The number of benzene rings is 1. The predicted molar refractivity (Wildman–Crippen MR) is 102 cm³/mol. The number of hydrogen-bond donors (Lipinski definition) is 2. The highest BCUT2D eigenvalue weighted by Crippen LogP contribution is 2.27. The van der Waals surface area contributed by atoms with Crippen molar-refractivity contribution in [3.05, 3.63) is 56.3 Å². The van der Waals surface area contributed by atoms with Crippen molar-refractivity contribution in [1.82, 2.24) is 10.3 Å². The molecule has 1 aromatic heterocycles. The van der Waals surface area contributed by atoms with E-state index >= 15 is 0 Å². The van der Waals surface area contributed by atoms with Crippen molar-refractivity contribution in [2.75, 3.05) is 0 Å². The fourth-order valence-electron chi connectivity index (χ4n) is 3.13. The molecule has 0 aliphatic heterocycles. The van der Waals surface area contributed by atoms with Crippen molar-refractivity contribution in [2.45, 2.75) is 46.7 Å².